The number of hydrogen-bond donors (Lipinski definition) is 2. The number of benzene rings is 1. The van der Waals surface area contributed by atoms with Gasteiger partial charge in [-0.15, -0.1) is 0 Å². The summed E-state index contributed by atoms with van der Waals surface area (Å²) in [6.07, 6.45) is 0. The van der Waals surface area contributed by atoms with Crippen molar-refractivity contribution in [2.75, 3.05) is 6.54 Å². The van der Waals surface area contributed by atoms with Crippen molar-refractivity contribution in [1.29, 1.82) is 0 Å². The van der Waals surface area contributed by atoms with Gasteiger partial charge in [0.15, 0.2) is 0 Å². The molecule has 0 aliphatic rings. The minimum absolute atomic E-state index is 0.200. The van der Waals surface area contributed by atoms with Gasteiger partial charge < -0.3 is 5.73 Å². The van der Waals surface area contributed by atoms with Gasteiger partial charge in [0.05, 0.1) is 4.90 Å². The fourth-order valence-corrected chi connectivity index (χ4v) is 2.47. The molecular formula is C10H15BrN2O2S. The highest BCUT2D eigenvalue weighted by Gasteiger charge is 2.18. The number of sulfonamides is 1. The molecule has 0 atom stereocenters. The topological polar surface area (TPSA) is 72.2 Å². The van der Waals surface area contributed by atoms with Crippen molar-refractivity contribution in [3.63, 3.8) is 0 Å². The Kier molecular flexibility index (Phi) is 4.12. The summed E-state index contributed by atoms with van der Waals surface area (Å²) in [5.74, 6) is 0. The minimum Gasteiger partial charge on any atom is -0.324 e. The lowest BCUT2D eigenvalue weighted by Crippen LogP contribution is -2.45. The Morgan fingerprint density at radius 3 is 2.25 bits per heavy atom. The fourth-order valence-electron chi connectivity index (χ4n) is 0.978. The second-order valence-corrected chi connectivity index (χ2v) is 6.95. The molecule has 1 rings (SSSR count). The van der Waals surface area contributed by atoms with Gasteiger partial charge in [0.1, 0.15) is 0 Å². The van der Waals surface area contributed by atoms with Gasteiger partial charge in [0.25, 0.3) is 0 Å². The predicted molar refractivity (Wildman–Crippen MR) is 67.6 cm³/mol. The van der Waals surface area contributed by atoms with Gasteiger partial charge in [0, 0.05) is 16.6 Å². The van der Waals surface area contributed by atoms with Gasteiger partial charge in [0.2, 0.25) is 10.0 Å². The third kappa shape index (κ3) is 4.21. The Morgan fingerprint density at radius 2 is 1.81 bits per heavy atom. The first-order chi connectivity index (χ1) is 7.21. The molecule has 0 radical (unpaired) electrons. The monoisotopic (exact) mass is 306 g/mol. The molecule has 0 heterocycles. The Bertz CT molecular complexity index is 449. The van der Waals surface area contributed by atoms with Crippen molar-refractivity contribution >= 4 is 26.0 Å². The predicted octanol–water partition coefficient (Wildman–Crippen LogP) is 1.46. The normalized spacial score (nSPS) is 12.8. The number of halogens is 1. The number of nitrogens with two attached hydrogens (primary N) is 1. The zero-order valence-corrected chi connectivity index (χ0v) is 11.6. The van der Waals surface area contributed by atoms with Crippen molar-refractivity contribution in [3.8, 4) is 0 Å². The van der Waals surface area contributed by atoms with E-state index in [1.165, 1.54) is 12.1 Å². The van der Waals surface area contributed by atoms with E-state index in [-0.39, 0.29) is 11.4 Å². The molecule has 16 heavy (non-hydrogen) atoms. The second kappa shape index (κ2) is 4.83. The highest BCUT2D eigenvalue weighted by molar-refractivity contribution is 9.10. The van der Waals surface area contributed by atoms with E-state index >= 15 is 0 Å². The third-order valence-electron chi connectivity index (χ3n) is 1.84. The van der Waals surface area contributed by atoms with Crippen LogP contribution in [0.2, 0.25) is 0 Å². The van der Waals surface area contributed by atoms with E-state index in [4.69, 9.17) is 5.73 Å². The Balaban J connectivity index is 2.83. The Morgan fingerprint density at radius 1 is 1.31 bits per heavy atom. The average Bonchev–Trinajstić information content (AvgIpc) is 2.15. The molecule has 0 amide bonds. The molecule has 6 heteroatoms. The first kappa shape index (κ1) is 13.6. The molecule has 1 aromatic carbocycles. The summed E-state index contributed by atoms with van der Waals surface area (Å²) in [5.41, 5.74) is 5.14. The van der Waals surface area contributed by atoms with Crippen LogP contribution in [0.3, 0.4) is 0 Å². The zero-order valence-electron chi connectivity index (χ0n) is 9.20. The molecule has 0 unspecified atom stereocenters. The summed E-state index contributed by atoms with van der Waals surface area (Å²) in [6.45, 7) is 3.72. The van der Waals surface area contributed by atoms with E-state index in [0.29, 0.717) is 0 Å². The van der Waals surface area contributed by atoms with Crippen LogP contribution in [-0.2, 0) is 10.0 Å². The molecule has 3 N–H and O–H groups in total. The lowest BCUT2D eigenvalue weighted by Gasteiger charge is -2.18. The van der Waals surface area contributed by atoms with Crippen LogP contribution in [0.5, 0.6) is 0 Å². The van der Waals surface area contributed by atoms with Gasteiger partial charge in [-0.2, -0.15) is 0 Å². The summed E-state index contributed by atoms with van der Waals surface area (Å²) in [4.78, 5) is 0.236. The van der Waals surface area contributed by atoms with Crippen LogP contribution in [0.1, 0.15) is 13.8 Å². The molecule has 0 aliphatic heterocycles. The molecule has 0 aliphatic carbocycles. The van der Waals surface area contributed by atoms with E-state index < -0.39 is 15.6 Å². The van der Waals surface area contributed by atoms with Crippen molar-refractivity contribution in [2.24, 2.45) is 5.73 Å². The Hall–Kier alpha value is -0.430. The summed E-state index contributed by atoms with van der Waals surface area (Å²) in [7, 11) is -3.46. The molecular weight excluding hydrogens is 292 g/mol. The van der Waals surface area contributed by atoms with Crippen molar-refractivity contribution < 1.29 is 8.42 Å². The lowest BCUT2D eigenvalue weighted by atomic mass is 10.1. The molecule has 0 saturated heterocycles. The number of nitrogens with one attached hydrogen (secondary N) is 1. The summed E-state index contributed by atoms with van der Waals surface area (Å²) in [5, 5.41) is 0. The van der Waals surface area contributed by atoms with E-state index in [0.717, 1.165) is 4.47 Å². The highest BCUT2D eigenvalue weighted by Crippen LogP contribution is 2.14. The van der Waals surface area contributed by atoms with Crippen LogP contribution >= 0.6 is 15.9 Å². The lowest BCUT2D eigenvalue weighted by molar-refractivity contribution is 0.498. The van der Waals surface area contributed by atoms with Crippen molar-refractivity contribution in [3.05, 3.63) is 28.7 Å². The molecule has 0 bridgehead atoms. The number of hydrogen-bond acceptors (Lipinski definition) is 3. The van der Waals surface area contributed by atoms with Crippen LogP contribution in [0, 0.1) is 0 Å². The first-order valence-corrected chi connectivity index (χ1v) is 7.02. The van der Waals surface area contributed by atoms with Crippen LogP contribution in [-0.4, -0.2) is 20.5 Å². The molecule has 1 aromatic rings. The first-order valence-electron chi connectivity index (χ1n) is 4.75. The smallest absolute Gasteiger partial charge is 0.240 e. The van der Waals surface area contributed by atoms with E-state index in [1.54, 1.807) is 26.0 Å². The molecule has 0 saturated carbocycles. The van der Waals surface area contributed by atoms with Crippen molar-refractivity contribution in [1.82, 2.24) is 4.72 Å². The van der Waals surface area contributed by atoms with E-state index in [2.05, 4.69) is 20.7 Å². The molecule has 0 fully saturated rings. The molecule has 4 nitrogen and oxygen atoms in total. The van der Waals surface area contributed by atoms with Gasteiger partial charge in [-0.05, 0) is 38.1 Å². The zero-order chi connectivity index (χ0) is 12.4. The largest absolute Gasteiger partial charge is 0.324 e. The van der Waals surface area contributed by atoms with Crippen LogP contribution in [0.25, 0.3) is 0 Å². The quantitative estimate of drug-likeness (QED) is 0.884. The minimum atomic E-state index is -3.46. The molecule has 90 valence electrons. The van der Waals surface area contributed by atoms with E-state index in [9.17, 15) is 8.42 Å². The van der Waals surface area contributed by atoms with Crippen molar-refractivity contribution in [2.45, 2.75) is 24.3 Å². The van der Waals surface area contributed by atoms with Gasteiger partial charge in [-0.3, -0.25) is 0 Å². The number of rotatable bonds is 4. The standard InChI is InChI=1S/C10H15BrN2O2S/c1-10(2,12)7-13-16(14,15)9-5-3-8(11)4-6-9/h3-6,13H,7,12H2,1-2H3. The highest BCUT2D eigenvalue weighted by atomic mass is 79.9. The third-order valence-corrected chi connectivity index (χ3v) is 3.79. The summed E-state index contributed by atoms with van der Waals surface area (Å²) < 4.78 is 26.9. The summed E-state index contributed by atoms with van der Waals surface area (Å²) in [6, 6.07) is 6.44. The van der Waals surface area contributed by atoms with Crippen LogP contribution < -0.4 is 10.5 Å². The van der Waals surface area contributed by atoms with Crippen LogP contribution in [0.15, 0.2) is 33.6 Å². The maximum absolute atomic E-state index is 11.8. The maximum atomic E-state index is 11.8. The summed E-state index contributed by atoms with van der Waals surface area (Å²) >= 11 is 3.25. The SMILES string of the molecule is CC(C)(N)CNS(=O)(=O)c1ccc(Br)cc1. The Labute approximate surface area is 104 Å². The van der Waals surface area contributed by atoms with E-state index in [1.807, 2.05) is 0 Å². The van der Waals surface area contributed by atoms with Gasteiger partial charge in [-0.25, -0.2) is 13.1 Å². The molecule has 0 aromatic heterocycles. The van der Waals surface area contributed by atoms with Gasteiger partial charge >= 0.3 is 0 Å². The van der Waals surface area contributed by atoms with Gasteiger partial charge in [-0.1, -0.05) is 15.9 Å². The second-order valence-electron chi connectivity index (χ2n) is 4.27. The average molecular weight is 307 g/mol. The molecule has 0 spiro atoms. The maximum Gasteiger partial charge on any atom is 0.240 e. The fraction of sp³-hybridized carbons (Fsp3) is 0.400. The van der Waals surface area contributed by atoms with Crippen LogP contribution in [0.4, 0.5) is 0 Å².